The van der Waals surface area contributed by atoms with Crippen molar-refractivity contribution in [1.82, 2.24) is 4.72 Å². The van der Waals surface area contributed by atoms with Crippen molar-refractivity contribution in [2.75, 3.05) is 11.4 Å². The molecule has 0 aromatic heterocycles. The molecule has 1 N–H and O–H groups in total. The number of sulfonamides is 1. The summed E-state index contributed by atoms with van der Waals surface area (Å²) in [4.78, 5) is 14.6. The molecule has 0 bridgehead atoms. The van der Waals surface area contributed by atoms with E-state index in [0.717, 1.165) is 4.90 Å². The molecule has 1 aliphatic heterocycles. The van der Waals surface area contributed by atoms with Gasteiger partial charge in [-0.25, -0.2) is 13.1 Å². The van der Waals surface area contributed by atoms with E-state index in [4.69, 9.17) is 0 Å². The van der Waals surface area contributed by atoms with Crippen LogP contribution in [0.15, 0.2) is 28.0 Å². The Morgan fingerprint density at radius 1 is 1.36 bits per heavy atom. The molecular formula is C15H22N2O3S2. The fraction of sp³-hybridized carbons (Fsp3) is 0.533. The van der Waals surface area contributed by atoms with Gasteiger partial charge in [-0.2, -0.15) is 0 Å². The van der Waals surface area contributed by atoms with Crippen LogP contribution in [-0.4, -0.2) is 31.7 Å². The Hall–Kier alpha value is -1.05. The van der Waals surface area contributed by atoms with Crippen molar-refractivity contribution in [1.29, 1.82) is 0 Å². The van der Waals surface area contributed by atoms with E-state index in [-0.39, 0.29) is 16.1 Å². The standard InChI is InChI=1S/C15H22N2O3S2/c1-10-9-17(11(2)18)13-8-12(6-7-14(13)21-10)22(19,20)16-15(3,4)5/h6-8,10,16H,9H2,1-5H3/t10-/m0/s1. The zero-order valence-electron chi connectivity index (χ0n) is 13.5. The number of carbonyl (C=O) groups excluding carboxylic acids is 1. The van der Waals surface area contributed by atoms with Gasteiger partial charge >= 0.3 is 0 Å². The van der Waals surface area contributed by atoms with E-state index in [2.05, 4.69) is 11.6 Å². The summed E-state index contributed by atoms with van der Waals surface area (Å²) >= 11 is 1.66. The lowest BCUT2D eigenvalue weighted by Gasteiger charge is -2.32. The maximum Gasteiger partial charge on any atom is 0.241 e. The summed E-state index contributed by atoms with van der Waals surface area (Å²) < 4.78 is 27.5. The largest absolute Gasteiger partial charge is 0.310 e. The van der Waals surface area contributed by atoms with Gasteiger partial charge in [-0.05, 0) is 39.0 Å². The zero-order chi connectivity index (χ0) is 16.7. The Kier molecular flexibility index (Phi) is 4.61. The van der Waals surface area contributed by atoms with E-state index >= 15 is 0 Å². The van der Waals surface area contributed by atoms with Crippen LogP contribution in [0.5, 0.6) is 0 Å². The highest BCUT2D eigenvalue weighted by Gasteiger charge is 2.28. The number of nitrogens with zero attached hydrogens (tertiary/aromatic N) is 1. The van der Waals surface area contributed by atoms with Gasteiger partial charge in [-0.3, -0.25) is 4.79 Å². The molecule has 0 saturated heterocycles. The summed E-state index contributed by atoms with van der Waals surface area (Å²) in [5, 5.41) is 0.284. The first-order valence-corrected chi connectivity index (χ1v) is 9.49. The molecular weight excluding hydrogens is 320 g/mol. The first kappa shape index (κ1) is 17.3. The molecule has 22 heavy (non-hydrogen) atoms. The number of nitrogens with one attached hydrogen (secondary N) is 1. The van der Waals surface area contributed by atoms with Gasteiger partial charge in [0, 0.05) is 29.2 Å². The summed E-state index contributed by atoms with van der Waals surface area (Å²) in [6, 6.07) is 4.96. The number of amides is 1. The van der Waals surface area contributed by atoms with E-state index in [9.17, 15) is 13.2 Å². The van der Waals surface area contributed by atoms with Gasteiger partial charge in [0.15, 0.2) is 0 Å². The van der Waals surface area contributed by atoms with Crippen molar-refractivity contribution >= 4 is 33.4 Å². The topological polar surface area (TPSA) is 66.5 Å². The molecule has 0 radical (unpaired) electrons. The van der Waals surface area contributed by atoms with Crippen molar-refractivity contribution in [2.45, 2.75) is 55.2 Å². The molecule has 5 nitrogen and oxygen atoms in total. The van der Waals surface area contributed by atoms with E-state index in [0.29, 0.717) is 12.2 Å². The van der Waals surface area contributed by atoms with Crippen molar-refractivity contribution in [3.8, 4) is 0 Å². The van der Waals surface area contributed by atoms with Crippen LogP contribution in [0.4, 0.5) is 5.69 Å². The fourth-order valence-electron chi connectivity index (χ4n) is 2.34. The Labute approximate surface area is 136 Å². The Balaban J connectivity index is 2.47. The Morgan fingerprint density at radius 2 is 2.00 bits per heavy atom. The molecule has 0 spiro atoms. The summed E-state index contributed by atoms with van der Waals surface area (Å²) in [5.41, 5.74) is 0.116. The number of rotatable bonds is 2. The van der Waals surface area contributed by atoms with Gasteiger partial charge in [-0.15, -0.1) is 11.8 Å². The van der Waals surface area contributed by atoms with E-state index < -0.39 is 15.6 Å². The SMILES string of the molecule is CC(=O)N1C[C@H](C)Sc2ccc(S(=O)(=O)NC(C)(C)C)cc21. The average Bonchev–Trinajstić information content (AvgIpc) is 2.34. The van der Waals surface area contributed by atoms with Crippen LogP contribution >= 0.6 is 11.8 Å². The molecule has 1 heterocycles. The van der Waals surface area contributed by atoms with Crippen LogP contribution < -0.4 is 9.62 Å². The number of fused-ring (bicyclic) bond motifs is 1. The number of thioether (sulfide) groups is 1. The predicted molar refractivity (Wildman–Crippen MR) is 89.9 cm³/mol. The summed E-state index contributed by atoms with van der Waals surface area (Å²) in [6.45, 7) is 9.52. The van der Waals surface area contributed by atoms with Gasteiger partial charge in [0.2, 0.25) is 15.9 Å². The van der Waals surface area contributed by atoms with Crippen molar-refractivity contribution in [2.24, 2.45) is 0 Å². The van der Waals surface area contributed by atoms with Crippen LogP contribution in [-0.2, 0) is 14.8 Å². The van der Waals surface area contributed by atoms with Gasteiger partial charge < -0.3 is 4.90 Å². The van der Waals surface area contributed by atoms with Crippen molar-refractivity contribution < 1.29 is 13.2 Å². The molecule has 1 atom stereocenters. The third-order valence-corrected chi connectivity index (χ3v) is 6.03. The van der Waals surface area contributed by atoms with Crippen molar-refractivity contribution in [3.05, 3.63) is 18.2 Å². The second-order valence-corrected chi connectivity index (χ2v) is 9.71. The number of anilines is 1. The molecule has 1 aromatic rings. The second kappa shape index (κ2) is 5.86. The maximum atomic E-state index is 12.5. The summed E-state index contributed by atoms with van der Waals surface area (Å²) in [5.74, 6) is -0.0771. The number of carbonyl (C=O) groups is 1. The van der Waals surface area contributed by atoms with E-state index in [1.165, 1.54) is 6.92 Å². The lowest BCUT2D eigenvalue weighted by molar-refractivity contribution is -0.116. The number of hydrogen-bond donors (Lipinski definition) is 1. The lowest BCUT2D eigenvalue weighted by Crippen LogP contribution is -2.41. The maximum absolute atomic E-state index is 12.5. The highest BCUT2D eigenvalue weighted by Crippen LogP contribution is 2.39. The highest BCUT2D eigenvalue weighted by atomic mass is 32.2. The second-order valence-electron chi connectivity index (χ2n) is 6.54. The number of benzene rings is 1. The Morgan fingerprint density at radius 3 is 2.55 bits per heavy atom. The molecule has 1 aliphatic rings. The minimum atomic E-state index is -3.61. The van der Waals surface area contributed by atoms with Crippen LogP contribution in [0.25, 0.3) is 0 Å². The first-order valence-electron chi connectivity index (χ1n) is 7.12. The molecule has 0 saturated carbocycles. The van der Waals surface area contributed by atoms with Crippen LogP contribution in [0.1, 0.15) is 34.6 Å². The summed E-state index contributed by atoms with van der Waals surface area (Å²) in [6.07, 6.45) is 0. The molecule has 122 valence electrons. The quantitative estimate of drug-likeness (QED) is 0.897. The van der Waals surface area contributed by atoms with Crippen LogP contribution in [0.2, 0.25) is 0 Å². The zero-order valence-corrected chi connectivity index (χ0v) is 15.1. The number of hydrogen-bond acceptors (Lipinski definition) is 4. The smallest absolute Gasteiger partial charge is 0.241 e. The molecule has 2 rings (SSSR count). The summed E-state index contributed by atoms with van der Waals surface area (Å²) in [7, 11) is -3.61. The normalized spacial score (nSPS) is 19.0. The third kappa shape index (κ3) is 3.83. The Bertz CT molecular complexity index is 693. The minimum Gasteiger partial charge on any atom is -0.310 e. The van der Waals surface area contributed by atoms with Gasteiger partial charge in [-0.1, -0.05) is 6.92 Å². The predicted octanol–water partition coefficient (Wildman–Crippen LogP) is 2.61. The monoisotopic (exact) mass is 342 g/mol. The van der Waals surface area contributed by atoms with Crippen LogP contribution in [0.3, 0.4) is 0 Å². The molecule has 0 fully saturated rings. The minimum absolute atomic E-state index is 0.0771. The molecule has 0 aliphatic carbocycles. The molecule has 0 unspecified atom stereocenters. The van der Waals surface area contributed by atoms with Gasteiger partial charge in [0.1, 0.15) is 0 Å². The van der Waals surface area contributed by atoms with Gasteiger partial charge in [0.05, 0.1) is 10.6 Å². The molecule has 1 aromatic carbocycles. The average molecular weight is 342 g/mol. The van der Waals surface area contributed by atoms with Crippen LogP contribution in [0, 0.1) is 0 Å². The van der Waals surface area contributed by atoms with Crippen molar-refractivity contribution in [3.63, 3.8) is 0 Å². The third-order valence-electron chi connectivity index (χ3n) is 3.12. The van der Waals surface area contributed by atoms with E-state index in [1.807, 2.05) is 0 Å². The van der Waals surface area contributed by atoms with E-state index in [1.54, 1.807) is 55.6 Å². The van der Waals surface area contributed by atoms with Gasteiger partial charge in [0.25, 0.3) is 0 Å². The first-order chi connectivity index (χ1) is 9.99. The molecule has 1 amide bonds. The molecule has 7 heteroatoms. The fourth-order valence-corrected chi connectivity index (χ4v) is 4.88. The highest BCUT2D eigenvalue weighted by molar-refractivity contribution is 8.00. The lowest BCUT2D eigenvalue weighted by atomic mass is 10.1.